The number of nitrogens with zero attached hydrogens (tertiary/aromatic N) is 5. The molecule has 2 fully saturated rings. The molecule has 1 aromatic heterocycles. The van der Waals surface area contributed by atoms with Crippen LogP contribution >= 0.6 is 0 Å². The van der Waals surface area contributed by atoms with Crippen LogP contribution in [-0.2, 0) is 0 Å². The van der Waals surface area contributed by atoms with Crippen molar-refractivity contribution in [3.8, 4) is 6.07 Å². The van der Waals surface area contributed by atoms with Gasteiger partial charge in [-0.3, -0.25) is 0 Å². The molecule has 5 nitrogen and oxygen atoms in total. The molecule has 5 heteroatoms. The maximum Gasteiger partial charge on any atom is 0.226 e. The lowest BCUT2D eigenvalue weighted by molar-refractivity contribution is 0.141. The molecule has 0 saturated carbocycles. The average molecular weight is 285 g/mol. The number of aromatic nitrogens is 2. The van der Waals surface area contributed by atoms with Crippen molar-refractivity contribution in [2.45, 2.75) is 45.1 Å². The Morgan fingerprint density at radius 3 is 2.48 bits per heavy atom. The lowest BCUT2D eigenvalue weighted by atomic mass is 10.00. The van der Waals surface area contributed by atoms with Gasteiger partial charge in [-0.1, -0.05) is 6.42 Å². The van der Waals surface area contributed by atoms with Crippen LogP contribution < -0.4 is 4.90 Å². The normalized spacial score (nSPS) is 21.2. The van der Waals surface area contributed by atoms with E-state index in [1.807, 2.05) is 6.92 Å². The number of nitriles is 1. The zero-order valence-corrected chi connectivity index (χ0v) is 12.8. The van der Waals surface area contributed by atoms with Crippen molar-refractivity contribution in [2.24, 2.45) is 0 Å². The zero-order valence-electron chi connectivity index (χ0n) is 12.8. The van der Waals surface area contributed by atoms with Crippen molar-refractivity contribution in [2.75, 3.05) is 31.1 Å². The molecule has 0 amide bonds. The number of rotatable bonds is 2. The number of aryl methyl sites for hydroxylation is 1. The number of hydrogen-bond donors (Lipinski definition) is 0. The van der Waals surface area contributed by atoms with Gasteiger partial charge in [-0.15, -0.1) is 0 Å². The minimum Gasteiger partial charge on any atom is -0.341 e. The first-order valence-corrected chi connectivity index (χ1v) is 8.01. The van der Waals surface area contributed by atoms with Gasteiger partial charge in [-0.25, -0.2) is 9.97 Å². The second-order valence-corrected chi connectivity index (χ2v) is 6.12. The van der Waals surface area contributed by atoms with E-state index in [0.29, 0.717) is 5.69 Å². The third kappa shape index (κ3) is 3.33. The molecule has 3 heterocycles. The fraction of sp³-hybridized carbons (Fsp3) is 0.688. The van der Waals surface area contributed by atoms with Crippen molar-refractivity contribution in [3.05, 3.63) is 17.5 Å². The van der Waals surface area contributed by atoms with E-state index in [1.165, 1.54) is 45.2 Å². The van der Waals surface area contributed by atoms with Crippen LogP contribution in [0.5, 0.6) is 0 Å². The Morgan fingerprint density at radius 1 is 1.10 bits per heavy atom. The molecule has 112 valence electrons. The zero-order chi connectivity index (χ0) is 14.7. The Balaban J connectivity index is 1.63. The largest absolute Gasteiger partial charge is 0.341 e. The van der Waals surface area contributed by atoms with Gasteiger partial charge in [0.25, 0.3) is 0 Å². The van der Waals surface area contributed by atoms with Crippen molar-refractivity contribution < 1.29 is 0 Å². The van der Waals surface area contributed by atoms with E-state index in [-0.39, 0.29) is 0 Å². The van der Waals surface area contributed by atoms with Crippen molar-refractivity contribution in [1.82, 2.24) is 14.9 Å². The summed E-state index contributed by atoms with van der Waals surface area (Å²) in [6, 6.07) is 4.59. The molecule has 2 saturated heterocycles. The lowest BCUT2D eigenvalue weighted by Crippen LogP contribution is -2.47. The summed E-state index contributed by atoms with van der Waals surface area (Å²) in [7, 11) is 0. The second kappa shape index (κ2) is 6.40. The van der Waals surface area contributed by atoms with E-state index in [0.717, 1.165) is 30.8 Å². The van der Waals surface area contributed by atoms with E-state index in [4.69, 9.17) is 5.26 Å². The van der Waals surface area contributed by atoms with E-state index < -0.39 is 0 Å². The summed E-state index contributed by atoms with van der Waals surface area (Å²) < 4.78 is 0. The van der Waals surface area contributed by atoms with Crippen LogP contribution in [0.1, 0.15) is 43.5 Å². The Kier molecular flexibility index (Phi) is 4.35. The fourth-order valence-electron chi connectivity index (χ4n) is 3.47. The number of likely N-dealkylation sites (tertiary alicyclic amines) is 1. The maximum absolute atomic E-state index is 9.03. The highest BCUT2D eigenvalue weighted by molar-refractivity contribution is 5.36. The molecule has 3 rings (SSSR count). The Morgan fingerprint density at radius 2 is 1.81 bits per heavy atom. The van der Waals surface area contributed by atoms with Gasteiger partial charge in [-0.2, -0.15) is 5.26 Å². The highest BCUT2D eigenvalue weighted by Gasteiger charge is 2.26. The third-order valence-electron chi connectivity index (χ3n) is 4.61. The van der Waals surface area contributed by atoms with E-state index in [2.05, 4.69) is 25.8 Å². The van der Waals surface area contributed by atoms with Crippen LogP contribution in [0.3, 0.4) is 0 Å². The molecule has 21 heavy (non-hydrogen) atoms. The molecule has 0 unspecified atom stereocenters. The SMILES string of the molecule is Cc1cc(C#N)nc(N2CCC(N3CCCCC3)CC2)n1. The number of hydrogen-bond acceptors (Lipinski definition) is 5. The summed E-state index contributed by atoms with van der Waals surface area (Å²) in [6.45, 7) is 6.45. The van der Waals surface area contributed by atoms with Gasteiger partial charge >= 0.3 is 0 Å². The molecule has 0 atom stereocenters. The summed E-state index contributed by atoms with van der Waals surface area (Å²) in [6.07, 6.45) is 6.46. The van der Waals surface area contributed by atoms with Crippen molar-refractivity contribution in [1.29, 1.82) is 5.26 Å². The highest BCUT2D eigenvalue weighted by Crippen LogP contribution is 2.23. The first-order chi connectivity index (χ1) is 10.3. The Hall–Kier alpha value is -1.67. The van der Waals surface area contributed by atoms with Crippen LogP contribution in [0.15, 0.2) is 6.07 Å². The van der Waals surface area contributed by atoms with Crippen molar-refractivity contribution in [3.63, 3.8) is 0 Å². The smallest absolute Gasteiger partial charge is 0.226 e. The molecule has 0 aliphatic carbocycles. The van der Waals surface area contributed by atoms with Gasteiger partial charge in [-0.05, 0) is 51.8 Å². The van der Waals surface area contributed by atoms with Crippen molar-refractivity contribution >= 4 is 5.95 Å². The molecular formula is C16H23N5. The summed E-state index contributed by atoms with van der Waals surface area (Å²) in [5, 5.41) is 9.03. The topological polar surface area (TPSA) is 56.1 Å². The predicted molar refractivity (Wildman–Crippen MR) is 82.1 cm³/mol. The van der Waals surface area contributed by atoms with Gasteiger partial charge in [0.15, 0.2) is 0 Å². The van der Waals surface area contributed by atoms with E-state index >= 15 is 0 Å². The van der Waals surface area contributed by atoms with Crippen LogP contribution in [0.25, 0.3) is 0 Å². The van der Waals surface area contributed by atoms with Gasteiger partial charge in [0.2, 0.25) is 5.95 Å². The molecule has 0 N–H and O–H groups in total. The molecular weight excluding hydrogens is 262 g/mol. The fourth-order valence-corrected chi connectivity index (χ4v) is 3.47. The lowest BCUT2D eigenvalue weighted by Gasteiger charge is -2.40. The standard InChI is InChI=1S/C16H23N5/c1-13-11-14(12-17)19-16(18-13)21-9-5-15(6-10-21)20-7-3-2-4-8-20/h11,15H,2-10H2,1H3. The first-order valence-electron chi connectivity index (χ1n) is 8.01. The van der Waals surface area contributed by atoms with E-state index in [9.17, 15) is 0 Å². The monoisotopic (exact) mass is 285 g/mol. The molecule has 2 aliphatic heterocycles. The average Bonchev–Trinajstić information content (AvgIpc) is 2.55. The summed E-state index contributed by atoms with van der Waals surface area (Å²) >= 11 is 0. The molecule has 0 radical (unpaired) electrons. The highest BCUT2D eigenvalue weighted by atomic mass is 15.3. The second-order valence-electron chi connectivity index (χ2n) is 6.12. The Labute approximate surface area is 126 Å². The molecule has 1 aromatic rings. The van der Waals surface area contributed by atoms with Gasteiger partial charge in [0.05, 0.1) is 0 Å². The molecule has 0 aromatic carbocycles. The summed E-state index contributed by atoms with van der Waals surface area (Å²) in [5.41, 5.74) is 1.34. The molecule has 0 spiro atoms. The molecule has 2 aliphatic rings. The third-order valence-corrected chi connectivity index (χ3v) is 4.61. The quantitative estimate of drug-likeness (QED) is 0.833. The predicted octanol–water partition coefficient (Wildman–Crippen LogP) is 2.11. The van der Waals surface area contributed by atoms with E-state index in [1.54, 1.807) is 6.07 Å². The van der Waals surface area contributed by atoms with Crippen LogP contribution in [0.2, 0.25) is 0 Å². The summed E-state index contributed by atoms with van der Waals surface area (Å²) in [4.78, 5) is 13.7. The first kappa shape index (κ1) is 14.3. The minimum atomic E-state index is 0.468. The van der Waals surface area contributed by atoms with Crippen LogP contribution in [0, 0.1) is 18.3 Å². The van der Waals surface area contributed by atoms with Gasteiger partial charge in [0, 0.05) is 24.8 Å². The Bertz CT molecular complexity index is 522. The van der Waals surface area contributed by atoms with Gasteiger partial charge < -0.3 is 9.80 Å². The maximum atomic E-state index is 9.03. The number of anilines is 1. The number of piperidine rings is 2. The summed E-state index contributed by atoms with van der Waals surface area (Å²) in [5.74, 6) is 0.726. The van der Waals surface area contributed by atoms with Crippen LogP contribution in [0.4, 0.5) is 5.95 Å². The van der Waals surface area contributed by atoms with Crippen LogP contribution in [-0.4, -0.2) is 47.1 Å². The van der Waals surface area contributed by atoms with Gasteiger partial charge in [0.1, 0.15) is 11.8 Å². The minimum absolute atomic E-state index is 0.468. The molecule has 0 bridgehead atoms.